The highest BCUT2D eigenvalue weighted by Crippen LogP contribution is 2.36. The summed E-state index contributed by atoms with van der Waals surface area (Å²) >= 11 is 0. The van der Waals surface area contributed by atoms with Crippen LogP contribution in [0.4, 0.5) is 5.69 Å². The van der Waals surface area contributed by atoms with E-state index in [1.54, 1.807) is 0 Å². The van der Waals surface area contributed by atoms with Crippen molar-refractivity contribution in [1.82, 2.24) is 5.32 Å². The minimum Gasteiger partial charge on any atom is -0.464 e. The lowest BCUT2D eigenvalue weighted by molar-refractivity contribution is -0.127. The molecule has 1 aromatic carbocycles. The lowest BCUT2D eigenvalue weighted by Gasteiger charge is -2.18. The molecule has 0 saturated carbocycles. The smallest absolute Gasteiger partial charge is 0.260 e. The first-order valence-electron chi connectivity index (χ1n) is 10.4. The van der Waals surface area contributed by atoms with E-state index in [1.165, 1.54) is 0 Å². The topological polar surface area (TPSA) is 136 Å². The number of nitrogens with zero attached hydrogens (tertiary/aromatic N) is 1. The number of aliphatic imine (C=N–C) groups is 1. The second kappa shape index (κ2) is 8.71. The summed E-state index contributed by atoms with van der Waals surface area (Å²) in [4.78, 5) is 29.3. The lowest BCUT2D eigenvalue weighted by atomic mass is 9.97. The highest BCUT2D eigenvalue weighted by molar-refractivity contribution is 5.99. The standard InChI is InChI=1S/C22H27N5O3/c23-18(12-13-6-2-1-3-7-13)26-20(24)22(29)25-15-10-11-17-19(27-21(15)28)14-8-4-5-9-16(14)30-17/h1-3,6-7,15,20H,4-5,8-12,24H2,(H2,23,26)(H,25,29)(H,27,28). The van der Waals surface area contributed by atoms with Gasteiger partial charge < -0.3 is 26.5 Å². The maximum atomic E-state index is 12.7. The van der Waals surface area contributed by atoms with Crippen LogP contribution in [-0.4, -0.2) is 29.9 Å². The van der Waals surface area contributed by atoms with Crippen LogP contribution in [0.1, 0.15) is 41.9 Å². The van der Waals surface area contributed by atoms with E-state index in [0.29, 0.717) is 19.3 Å². The molecule has 0 fully saturated rings. The molecule has 2 atom stereocenters. The summed E-state index contributed by atoms with van der Waals surface area (Å²) in [5.41, 5.74) is 14.7. The van der Waals surface area contributed by atoms with Gasteiger partial charge in [0.15, 0.2) is 6.17 Å². The molecule has 2 aliphatic rings. The zero-order valence-electron chi connectivity index (χ0n) is 16.8. The SMILES string of the molecule is NC(Cc1ccccc1)=NC(N)C(=O)NC1CCc2oc3c(c2NC1=O)CCCC3. The van der Waals surface area contributed by atoms with E-state index >= 15 is 0 Å². The maximum Gasteiger partial charge on any atom is 0.260 e. The molecule has 0 bridgehead atoms. The third kappa shape index (κ3) is 4.38. The first-order valence-corrected chi connectivity index (χ1v) is 10.4. The molecule has 1 aliphatic heterocycles. The van der Waals surface area contributed by atoms with E-state index in [2.05, 4.69) is 15.6 Å². The van der Waals surface area contributed by atoms with Crippen LogP contribution in [0.15, 0.2) is 39.7 Å². The highest BCUT2D eigenvalue weighted by Gasteiger charge is 2.31. The zero-order valence-corrected chi connectivity index (χ0v) is 16.8. The average Bonchev–Trinajstić information content (AvgIpc) is 3.01. The average molecular weight is 409 g/mol. The van der Waals surface area contributed by atoms with E-state index in [-0.39, 0.29) is 11.7 Å². The van der Waals surface area contributed by atoms with Crippen molar-refractivity contribution in [3.8, 4) is 0 Å². The fraction of sp³-hybridized carbons (Fsp3) is 0.409. The molecular weight excluding hydrogens is 382 g/mol. The Kier molecular flexibility index (Phi) is 5.85. The van der Waals surface area contributed by atoms with E-state index in [1.807, 2.05) is 30.3 Å². The third-order valence-electron chi connectivity index (χ3n) is 5.59. The van der Waals surface area contributed by atoms with Gasteiger partial charge in [-0.2, -0.15) is 0 Å². The van der Waals surface area contributed by atoms with Crippen molar-refractivity contribution in [2.75, 3.05) is 5.32 Å². The Morgan fingerprint density at radius 1 is 1.20 bits per heavy atom. The van der Waals surface area contributed by atoms with Gasteiger partial charge in [0.25, 0.3) is 5.91 Å². The van der Waals surface area contributed by atoms with Gasteiger partial charge in [-0.15, -0.1) is 0 Å². The highest BCUT2D eigenvalue weighted by atomic mass is 16.3. The monoisotopic (exact) mass is 409 g/mol. The molecule has 2 unspecified atom stereocenters. The van der Waals surface area contributed by atoms with Crippen LogP contribution in [0.3, 0.4) is 0 Å². The molecule has 4 rings (SSSR count). The Balaban J connectivity index is 1.37. The fourth-order valence-electron chi connectivity index (χ4n) is 4.04. The van der Waals surface area contributed by atoms with Gasteiger partial charge in [-0.1, -0.05) is 30.3 Å². The van der Waals surface area contributed by atoms with Crippen LogP contribution < -0.4 is 22.1 Å². The first kappa shape index (κ1) is 20.2. The molecule has 1 aromatic heterocycles. The van der Waals surface area contributed by atoms with Crippen molar-refractivity contribution in [3.05, 3.63) is 53.0 Å². The van der Waals surface area contributed by atoms with Gasteiger partial charge in [-0.05, 0) is 31.2 Å². The summed E-state index contributed by atoms with van der Waals surface area (Å²) in [6.45, 7) is 0. The molecule has 0 radical (unpaired) electrons. The molecular formula is C22H27N5O3. The number of hydrogen-bond donors (Lipinski definition) is 4. The second-order valence-corrected chi connectivity index (χ2v) is 7.83. The number of carbonyl (C=O) groups is 2. The van der Waals surface area contributed by atoms with Crippen molar-refractivity contribution in [3.63, 3.8) is 0 Å². The van der Waals surface area contributed by atoms with Gasteiger partial charge in [0.05, 0.1) is 5.69 Å². The van der Waals surface area contributed by atoms with Gasteiger partial charge in [-0.3, -0.25) is 9.59 Å². The molecule has 2 aromatic rings. The summed E-state index contributed by atoms with van der Waals surface area (Å²) < 4.78 is 5.98. The predicted molar refractivity (Wildman–Crippen MR) is 114 cm³/mol. The molecule has 2 heterocycles. The molecule has 158 valence electrons. The maximum absolute atomic E-state index is 12.7. The predicted octanol–water partition coefficient (Wildman–Crippen LogP) is 1.41. The van der Waals surface area contributed by atoms with Gasteiger partial charge in [-0.25, -0.2) is 4.99 Å². The molecule has 1 aliphatic carbocycles. The van der Waals surface area contributed by atoms with E-state index in [0.717, 1.165) is 54.0 Å². The van der Waals surface area contributed by atoms with Crippen LogP contribution in [0.5, 0.6) is 0 Å². The Morgan fingerprint density at radius 2 is 1.97 bits per heavy atom. The van der Waals surface area contributed by atoms with Crippen LogP contribution in [0.2, 0.25) is 0 Å². The van der Waals surface area contributed by atoms with Gasteiger partial charge in [0.1, 0.15) is 23.4 Å². The van der Waals surface area contributed by atoms with Crippen LogP contribution in [0, 0.1) is 0 Å². The number of fused-ring (bicyclic) bond motifs is 3. The summed E-state index contributed by atoms with van der Waals surface area (Å²) in [6, 6.07) is 8.87. The fourth-order valence-corrected chi connectivity index (χ4v) is 4.04. The quantitative estimate of drug-likeness (QED) is 0.437. The van der Waals surface area contributed by atoms with Gasteiger partial charge >= 0.3 is 0 Å². The first-order chi connectivity index (χ1) is 14.5. The van der Waals surface area contributed by atoms with Crippen molar-refractivity contribution < 1.29 is 14.0 Å². The minimum atomic E-state index is -1.17. The molecule has 0 spiro atoms. The molecule has 6 N–H and O–H groups in total. The summed E-state index contributed by atoms with van der Waals surface area (Å²) in [7, 11) is 0. The van der Waals surface area contributed by atoms with E-state index in [4.69, 9.17) is 15.9 Å². The van der Waals surface area contributed by atoms with E-state index < -0.39 is 18.1 Å². The molecule has 2 amide bonds. The van der Waals surface area contributed by atoms with Crippen molar-refractivity contribution in [1.29, 1.82) is 0 Å². The summed E-state index contributed by atoms with van der Waals surface area (Å²) in [5.74, 6) is 1.25. The second-order valence-electron chi connectivity index (χ2n) is 7.83. The van der Waals surface area contributed by atoms with Crippen LogP contribution >= 0.6 is 0 Å². The zero-order chi connectivity index (χ0) is 21.1. The number of nitrogens with one attached hydrogen (secondary N) is 2. The number of aryl methyl sites for hydroxylation is 2. The van der Waals surface area contributed by atoms with Crippen molar-refractivity contribution >= 4 is 23.3 Å². The number of anilines is 1. The lowest BCUT2D eigenvalue weighted by Crippen LogP contribution is -2.49. The van der Waals surface area contributed by atoms with Crippen LogP contribution in [-0.2, 0) is 35.3 Å². The minimum absolute atomic E-state index is 0.260. The van der Waals surface area contributed by atoms with E-state index in [9.17, 15) is 9.59 Å². The number of hydrogen-bond acceptors (Lipinski definition) is 5. The Hall–Kier alpha value is -3.13. The van der Waals surface area contributed by atoms with Crippen molar-refractivity contribution in [2.24, 2.45) is 16.5 Å². The van der Waals surface area contributed by atoms with Gasteiger partial charge in [0.2, 0.25) is 5.91 Å². The summed E-state index contributed by atoms with van der Waals surface area (Å²) in [6.07, 6.45) is 4.25. The number of furan rings is 1. The van der Waals surface area contributed by atoms with Gasteiger partial charge in [0, 0.05) is 24.8 Å². The molecule has 0 saturated heterocycles. The number of amidine groups is 1. The number of carbonyl (C=O) groups excluding carboxylic acids is 2. The molecule has 8 nitrogen and oxygen atoms in total. The Morgan fingerprint density at radius 3 is 2.77 bits per heavy atom. The number of nitrogens with two attached hydrogens (primary N) is 2. The van der Waals surface area contributed by atoms with Crippen molar-refractivity contribution in [2.45, 2.75) is 57.2 Å². The number of amides is 2. The van der Waals surface area contributed by atoms with Crippen LogP contribution in [0.25, 0.3) is 0 Å². The molecule has 30 heavy (non-hydrogen) atoms. The number of rotatable bonds is 5. The normalized spacial score (nSPS) is 19.8. The summed E-state index contributed by atoms with van der Waals surface area (Å²) in [5, 5.41) is 5.65. The Labute approximate surface area is 175 Å². The number of benzene rings is 1. The third-order valence-corrected chi connectivity index (χ3v) is 5.59. The largest absolute Gasteiger partial charge is 0.464 e. The molecule has 8 heteroatoms. The Bertz CT molecular complexity index is 967.